The smallest absolute Gasteiger partial charge is 0.309 e. The Morgan fingerprint density at radius 3 is 2.70 bits per heavy atom. The van der Waals surface area contributed by atoms with Crippen molar-refractivity contribution in [3.63, 3.8) is 0 Å². The van der Waals surface area contributed by atoms with E-state index in [2.05, 4.69) is 5.32 Å². The van der Waals surface area contributed by atoms with Gasteiger partial charge in [0.2, 0.25) is 0 Å². The number of carbonyl (C=O) groups is 2. The van der Waals surface area contributed by atoms with Crippen molar-refractivity contribution >= 4 is 23.5 Å². The van der Waals surface area contributed by atoms with Gasteiger partial charge in [-0.25, -0.2) is 0 Å². The van der Waals surface area contributed by atoms with E-state index in [4.69, 9.17) is 21.1 Å². The molecule has 1 fully saturated rings. The van der Waals surface area contributed by atoms with Crippen LogP contribution >= 0.6 is 11.6 Å². The van der Waals surface area contributed by atoms with Crippen molar-refractivity contribution in [2.75, 3.05) is 20.8 Å². The molecular formula is C17H22ClNO4. The first-order valence-corrected chi connectivity index (χ1v) is 8.14. The van der Waals surface area contributed by atoms with E-state index in [1.165, 1.54) is 14.2 Å². The maximum absolute atomic E-state index is 12.4. The van der Waals surface area contributed by atoms with Gasteiger partial charge in [0.15, 0.2) is 0 Å². The van der Waals surface area contributed by atoms with Crippen LogP contribution < -0.4 is 10.1 Å². The average Bonchev–Trinajstić information content (AvgIpc) is 2.59. The van der Waals surface area contributed by atoms with E-state index in [-0.39, 0.29) is 23.7 Å². The first-order valence-electron chi connectivity index (χ1n) is 7.76. The molecule has 0 saturated heterocycles. The van der Waals surface area contributed by atoms with Gasteiger partial charge in [0.05, 0.1) is 25.7 Å². The largest absolute Gasteiger partial charge is 0.496 e. The molecule has 2 rings (SSSR count). The number of halogens is 1. The molecular weight excluding hydrogens is 318 g/mol. The van der Waals surface area contributed by atoms with Crippen molar-refractivity contribution in [1.29, 1.82) is 0 Å². The van der Waals surface area contributed by atoms with Crippen LogP contribution in [0.1, 0.15) is 36.0 Å². The van der Waals surface area contributed by atoms with Crippen molar-refractivity contribution in [3.8, 4) is 5.75 Å². The van der Waals surface area contributed by atoms with Crippen molar-refractivity contribution in [2.24, 2.45) is 11.8 Å². The zero-order valence-electron chi connectivity index (χ0n) is 13.4. The van der Waals surface area contributed by atoms with Crippen LogP contribution in [0.3, 0.4) is 0 Å². The summed E-state index contributed by atoms with van der Waals surface area (Å²) in [6, 6.07) is 4.91. The van der Waals surface area contributed by atoms with Gasteiger partial charge in [-0.2, -0.15) is 0 Å². The first kappa shape index (κ1) is 17.6. The van der Waals surface area contributed by atoms with Crippen LogP contribution in [0.2, 0.25) is 5.02 Å². The molecule has 1 N–H and O–H groups in total. The predicted molar refractivity (Wildman–Crippen MR) is 87.8 cm³/mol. The van der Waals surface area contributed by atoms with Crippen LogP contribution in [-0.4, -0.2) is 32.6 Å². The molecule has 23 heavy (non-hydrogen) atoms. The molecule has 2 unspecified atom stereocenters. The second-order valence-electron chi connectivity index (χ2n) is 5.73. The summed E-state index contributed by atoms with van der Waals surface area (Å²) in [5.41, 5.74) is 0.394. The third kappa shape index (κ3) is 4.38. The Bertz CT molecular complexity index is 576. The SMILES string of the molecule is COC(=O)C1CCCCC1CNC(=O)c1cc(Cl)ccc1OC. The highest BCUT2D eigenvalue weighted by Gasteiger charge is 2.32. The summed E-state index contributed by atoms with van der Waals surface area (Å²) < 4.78 is 10.1. The van der Waals surface area contributed by atoms with Crippen LogP contribution in [0.25, 0.3) is 0 Å². The van der Waals surface area contributed by atoms with Gasteiger partial charge in [0, 0.05) is 11.6 Å². The lowest BCUT2D eigenvalue weighted by molar-refractivity contribution is -0.148. The van der Waals surface area contributed by atoms with Crippen molar-refractivity contribution < 1.29 is 19.1 Å². The number of hydrogen-bond donors (Lipinski definition) is 1. The van der Waals surface area contributed by atoms with Crippen LogP contribution in [0, 0.1) is 11.8 Å². The summed E-state index contributed by atoms with van der Waals surface area (Å²) in [7, 11) is 2.91. The molecule has 1 aliphatic carbocycles. The molecule has 0 radical (unpaired) electrons. The maximum atomic E-state index is 12.4. The van der Waals surface area contributed by atoms with E-state index in [0.29, 0.717) is 22.9 Å². The molecule has 1 saturated carbocycles. The lowest BCUT2D eigenvalue weighted by Gasteiger charge is -2.29. The highest BCUT2D eigenvalue weighted by Crippen LogP contribution is 2.30. The lowest BCUT2D eigenvalue weighted by Crippen LogP contribution is -2.37. The molecule has 0 heterocycles. The lowest BCUT2D eigenvalue weighted by atomic mass is 9.79. The molecule has 1 aromatic rings. The molecule has 0 bridgehead atoms. The third-order valence-corrected chi connectivity index (χ3v) is 4.58. The molecule has 0 aliphatic heterocycles. The van der Waals surface area contributed by atoms with E-state index in [9.17, 15) is 9.59 Å². The fourth-order valence-electron chi connectivity index (χ4n) is 3.09. The van der Waals surface area contributed by atoms with Crippen molar-refractivity contribution in [3.05, 3.63) is 28.8 Å². The Morgan fingerprint density at radius 1 is 1.26 bits per heavy atom. The molecule has 6 heteroatoms. The fourth-order valence-corrected chi connectivity index (χ4v) is 3.26. The van der Waals surface area contributed by atoms with E-state index in [0.717, 1.165) is 25.7 Å². The fraction of sp³-hybridized carbons (Fsp3) is 0.529. The van der Waals surface area contributed by atoms with Gasteiger partial charge < -0.3 is 14.8 Å². The minimum Gasteiger partial charge on any atom is -0.496 e. The Labute approximate surface area is 141 Å². The molecule has 0 aromatic heterocycles. The monoisotopic (exact) mass is 339 g/mol. The summed E-state index contributed by atoms with van der Waals surface area (Å²) in [5, 5.41) is 3.37. The zero-order chi connectivity index (χ0) is 16.8. The summed E-state index contributed by atoms with van der Waals surface area (Å²) in [5.74, 6) is -0.0106. The number of benzene rings is 1. The van der Waals surface area contributed by atoms with Gasteiger partial charge in [-0.05, 0) is 37.0 Å². The van der Waals surface area contributed by atoms with Gasteiger partial charge in [-0.15, -0.1) is 0 Å². The number of methoxy groups -OCH3 is 2. The van der Waals surface area contributed by atoms with Crippen LogP contribution in [-0.2, 0) is 9.53 Å². The highest BCUT2D eigenvalue weighted by molar-refractivity contribution is 6.31. The van der Waals surface area contributed by atoms with Crippen LogP contribution in [0.4, 0.5) is 0 Å². The molecule has 2 atom stereocenters. The second kappa shape index (κ2) is 8.20. The number of ether oxygens (including phenoxy) is 2. The number of esters is 1. The van der Waals surface area contributed by atoms with Crippen LogP contribution in [0.5, 0.6) is 5.75 Å². The van der Waals surface area contributed by atoms with Gasteiger partial charge >= 0.3 is 5.97 Å². The van der Waals surface area contributed by atoms with E-state index in [1.54, 1.807) is 18.2 Å². The normalized spacial score (nSPS) is 20.7. The molecule has 5 nitrogen and oxygen atoms in total. The van der Waals surface area contributed by atoms with Gasteiger partial charge in [0.25, 0.3) is 5.91 Å². The molecule has 1 aromatic carbocycles. The minimum absolute atomic E-state index is 0.102. The number of nitrogens with one attached hydrogen (secondary N) is 1. The van der Waals surface area contributed by atoms with Crippen molar-refractivity contribution in [1.82, 2.24) is 5.32 Å². The van der Waals surface area contributed by atoms with Gasteiger partial charge in [-0.3, -0.25) is 9.59 Å². The Kier molecular flexibility index (Phi) is 6.28. The van der Waals surface area contributed by atoms with Gasteiger partial charge in [-0.1, -0.05) is 24.4 Å². The summed E-state index contributed by atoms with van der Waals surface area (Å²) >= 11 is 5.95. The zero-order valence-corrected chi connectivity index (χ0v) is 14.2. The molecule has 1 amide bonds. The van der Waals surface area contributed by atoms with Gasteiger partial charge in [0.1, 0.15) is 5.75 Å². The highest BCUT2D eigenvalue weighted by atomic mass is 35.5. The van der Waals surface area contributed by atoms with Crippen molar-refractivity contribution in [2.45, 2.75) is 25.7 Å². The average molecular weight is 340 g/mol. The Balaban J connectivity index is 2.03. The quantitative estimate of drug-likeness (QED) is 0.837. The Hall–Kier alpha value is -1.75. The molecule has 1 aliphatic rings. The number of amides is 1. The van der Waals surface area contributed by atoms with E-state index in [1.807, 2.05) is 0 Å². The topological polar surface area (TPSA) is 64.6 Å². The summed E-state index contributed by atoms with van der Waals surface area (Å²) in [4.78, 5) is 24.3. The maximum Gasteiger partial charge on any atom is 0.309 e. The van der Waals surface area contributed by atoms with E-state index < -0.39 is 0 Å². The number of rotatable bonds is 5. The van der Waals surface area contributed by atoms with E-state index >= 15 is 0 Å². The van der Waals surface area contributed by atoms with Crippen LogP contribution in [0.15, 0.2) is 18.2 Å². The minimum atomic E-state index is -0.251. The Morgan fingerprint density at radius 2 is 2.00 bits per heavy atom. The summed E-state index contributed by atoms with van der Waals surface area (Å²) in [6.07, 6.45) is 3.81. The predicted octanol–water partition coefficient (Wildman–Crippen LogP) is 3.06. The first-order chi connectivity index (χ1) is 11.1. The number of hydrogen-bond acceptors (Lipinski definition) is 4. The number of carbonyl (C=O) groups excluding carboxylic acids is 2. The second-order valence-corrected chi connectivity index (χ2v) is 6.17. The molecule has 126 valence electrons. The third-order valence-electron chi connectivity index (χ3n) is 4.34. The standard InChI is InChI=1S/C17H22ClNO4/c1-22-15-8-7-12(18)9-14(15)16(20)19-10-11-5-3-4-6-13(11)17(21)23-2/h7-9,11,13H,3-6,10H2,1-2H3,(H,19,20). The summed E-state index contributed by atoms with van der Waals surface area (Å²) in [6.45, 7) is 0.439. The molecule has 0 spiro atoms.